The van der Waals surface area contributed by atoms with Crippen molar-refractivity contribution in [2.24, 2.45) is 0 Å². The van der Waals surface area contributed by atoms with E-state index in [2.05, 4.69) is 16.3 Å². The van der Waals surface area contributed by atoms with E-state index in [9.17, 15) is 4.89 Å². The third-order valence-electron chi connectivity index (χ3n) is 1.79. The van der Waals surface area contributed by atoms with E-state index < -0.39 is 6.72 Å². The Bertz CT molecular complexity index is 215. The molecule has 74 valence electrons. The summed E-state index contributed by atoms with van der Waals surface area (Å²) in [5.74, 6) is 0. The molecule has 1 rings (SSSR count). The van der Waals surface area contributed by atoms with Gasteiger partial charge in [-0.05, 0) is 24.6 Å². The highest BCUT2D eigenvalue weighted by Crippen LogP contribution is 2.43. The van der Waals surface area contributed by atoms with Crippen LogP contribution < -0.4 is 0 Å². The lowest BCUT2D eigenvalue weighted by atomic mass is 9.97. The molecule has 1 heterocycles. The molecule has 0 aliphatic carbocycles. The van der Waals surface area contributed by atoms with Crippen LogP contribution >= 0.6 is 6.72 Å². The molecule has 3 atom stereocenters. The van der Waals surface area contributed by atoms with Crippen molar-refractivity contribution in [2.45, 2.75) is 24.9 Å². The van der Waals surface area contributed by atoms with Crippen molar-refractivity contribution in [3.8, 4) is 0 Å². The summed E-state index contributed by atoms with van der Waals surface area (Å²) in [5, 5.41) is 0. The van der Waals surface area contributed by atoms with Gasteiger partial charge >= 0.3 is 6.72 Å². The SMILES string of the molecule is [B][C@H]1CC[C@@H](COP(O)(=S)OC)O1. The number of ether oxygens (including phenoxy) is 1. The van der Waals surface area contributed by atoms with Crippen molar-refractivity contribution in [3.63, 3.8) is 0 Å². The Morgan fingerprint density at radius 1 is 1.69 bits per heavy atom. The summed E-state index contributed by atoms with van der Waals surface area (Å²) in [6.45, 7) is -2.79. The molecule has 0 amide bonds. The van der Waals surface area contributed by atoms with Crippen LogP contribution in [0.5, 0.6) is 0 Å². The molecule has 1 unspecified atom stereocenters. The summed E-state index contributed by atoms with van der Waals surface area (Å²) in [6.07, 6.45) is 1.58. The normalized spacial score (nSPS) is 33.1. The second kappa shape index (κ2) is 4.87. The minimum absolute atomic E-state index is 0.0698. The molecule has 13 heavy (non-hydrogen) atoms. The smallest absolute Gasteiger partial charge is 0.324 e. The topological polar surface area (TPSA) is 47.9 Å². The Hall–Kier alpha value is 0.555. The van der Waals surface area contributed by atoms with Gasteiger partial charge in [-0.2, -0.15) is 0 Å². The average molecular weight is 222 g/mol. The first-order chi connectivity index (χ1) is 6.03. The lowest BCUT2D eigenvalue weighted by Gasteiger charge is -2.16. The van der Waals surface area contributed by atoms with Gasteiger partial charge in [0.1, 0.15) is 7.85 Å². The van der Waals surface area contributed by atoms with Gasteiger partial charge in [0, 0.05) is 13.1 Å². The molecule has 2 radical (unpaired) electrons. The van der Waals surface area contributed by atoms with E-state index in [1.165, 1.54) is 7.11 Å². The van der Waals surface area contributed by atoms with Crippen molar-refractivity contribution in [2.75, 3.05) is 13.7 Å². The zero-order valence-corrected chi connectivity index (χ0v) is 9.09. The molecule has 7 heteroatoms. The molecule has 0 aromatic carbocycles. The van der Waals surface area contributed by atoms with E-state index in [0.717, 1.165) is 12.8 Å². The molecule has 0 aromatic heterocycles. The summed E-state index contributed by atoms with van der Waals surface area (Å²) < 4.78 is 14.8. The van der Waals surface area contributed by atoms with Crippen LogP contribution in [-0.2, 0) is 25.6 Å². The summed E-state index contributed by atoms with van der Waals surface area (Å²) in [6, 6.07) is -0.215. The molecule has 1 aliphatic heterocycles. The summed E-state index contributed by atoms with van der Waals surface area (Å²) in [5.41, 5.74) is 0. The van der Waals surface area contributed by atoms with E-state index >= 15 is 0 Å². The standard InChI is InChI=1S/C6H12BO4PS/c1-9-12(8,13)10-4-5-2-3-6(7)11-5/h5-6H,2-4H2,1H3,(H,8,13)/t5-,6+,12?/m0/s1. The predicted octanol–water partition coefficient (Wildman–Crippen LogP) is 0.540. The second-order valence-electron chi connectivity index (χ2n) is 2.82. The highest BCUT2D eigenvalue weighted by Gasteiger charge is 2.24. The maximum absolute atomic E-state index is 9.24. The molecule has 1 aliphatic rings. The Morgan fingerprint density at radius 3 is 2.85 bits per heavy atom. The maximum Gasteiger partial charge on any atom is 0.324 e. The van der Waals surface area contributed by atoms with Gasteiger partial charge < -0.3 is 18.7 Å². The highest BCUT2D eigenvalue weighted by atomic mass is 32.5. The Labute approximate surface area is 84.2 Å². The molecule has 1 fully saturated rings. The maximum atomic E-state index is 9.24. The highest BCUT2D eigenvalue weighted by molar-refractivity contribution is 8.07. The second-order valence-corrected chi connectivity index (χ2v) is 5.77. The van der Waals surface area contributed by atoms with Crippen LogP contribution in [0.1, 0.15) is 12.8 Å². The molecule has 0 bridgehead atoms. The lowest BCUT2D eigenvalue weighted by Crippen LogP contribution is -2.16. The van der Waals surface area contributed by atoms with Crippen LogP contribution in [-0.4, -0.2) is 38.6 Å². The Morgan fingerprint density at radius 2 is 2.38 bits per heavy atom. The first-order valence-electron chi connectivity index (χ1n) is 3.97. The van der Waals surface area contributed by atoms with Gasteiger partial charge in [0.2, 0.25) is 0 Å². The molecular weight excluding hydrogens is 210 g/mol. The number of hydrogen-bond donors (Lipinski definition) is 1. The third kappa shape index (κ3) is 4.06. The van der Waals surface area contributed by atoms with Crippen molar-refractivity contribution in [3.05, 3.63) is 0 Å². The first-order valence-corrected chi connectivity index (χ1v) is 6.57. The van der Waals surface area contributed by atoms with E-state index in [4.69, 9.17) is 17.1 Å². The van der Waals surface area contributed by atoms with Crippen molar-refractivity contribution in [1.29, 1.82) is 0 Å². The molecular formula is C6H12BO4PS. The van der Waals surface area contributed by atoms with Crippen LogP contribution in [0, 0.1) is 0 Å². The minimum Gasteiger partial charge on any atom is -0.382 e. The van der Waals surface area contributed by atoms with Gasteiger partial charge in [0.25, 0.3) is 0 Å². The largest absolute Gasteiger partial charge is 0.382 e. The van der Waals surface area contributed by atoms with Crippen LogP contribution in [0.25, 0.3) is 0 Å². The Kier molecular flexibility index (Phi) is 4.36. The van der Waals surface area contributed by atoms with E-state index in [1.807, 2.05) is 0 Å². The van der Waals surface area contributed by atoms with Gasteiger partial charge in [-0.25, -0.2) is 0 Å². The van der Waals surface area contributed by atoms with Crippen LogP contribution in [0.15, 0.2) is 0 Å². The fourth-order valence-electron chi connectivity index (χ4n) is 1.09. The average Bonchev–Trinajstić information content (AvgIpc) is 2.48. The molecule has 1 saturated heterocycles. The minimum atomic E-state index is -3.03. The fourth-order valence-corrected chi connectivity index (χ4v) is 1.73. The van der Waals surface area contributed by atoms with Crippen molar-refractivity contribution < 1.29 is 18.7 Å². The molecule has 0 spiro atoms. The van der Waals surface area contributed by atoms with Crippen molar-refractivity contribution >= 4 is 26.4 Å². The van der Waals surface area contributed by atoms with Gasteiger partial charge in [-0.15, -0.1) is 0 Å². The molecule has 4 nitrogen and oxygen atoms in total. The van der Waals surface area contributed by atoms with Gasteiger partial charge in [-0.1, -0.05) is 0 Å². The van der Waals surface area contributed by atoms with Crippen LogP contribution in [0.3, 0.4) is 0 Å². The van der Waals surface area contributed by atoms with Crippen molar-refractivity contribution in [1.82, 2.24) is 0 Å². The fraction of sp³-hybridized carbons (Fsp3) is 1.00. The molecule has 1 N–H and O–H groups in total. The zero-order valence-electron chi connectivity index (χ0n) is 7.38. The number of rotatable bonds is 4. The third-order valence-corrected chi connectivity index (χ3v) is 3.49. The first kappa shape index (κ1) is 11.6. The quantitative estimate of drug-likeness (QED) is 0.555. The van der Waals surface area contributed by atoms with E-state index in [1.54, 1.807) is 0 Å². The molecule has 0 saturated carbocycles. The monoisotopic (exact) mass is 222 g/mol. The van der Waals surface area contributed by atoms with Crippen LogP contribution in [0.4, 0.5) is 0 Å². The molecule has 0 aromatic rings. The lowest BCUT2D eigenvalue weighted by molar-refractivity contribution is 0.0451. The van der Waals surface area contributed by atoms with Gasteiger partial charge in [0.15, 0.2) is 0 Å². The van der Waals surface area contributed by atoms with Crippen LogP contribution in [0.2, 0.25) is 0 Å². The summed E-state index contributed by atoms with van der Waals surface area (Å²) in [4.78, 5) is 9.24. The van der Waals surface area contributed by atoms with E-state index in [0.29, 0.717) is 0 Å². The van der Waals surface area contributed by atoms with E-state index in [-0.39, 0.29) is 18.7 Å². The summed E-state index contributed by atoms with van der Waals surface area (Å²) >= 11 is 4.64. The number of hydrogen-bond acceptors (Lipinski definition) is 4. The van der Waals surface area contributed by atoms with Gasteiger partial charge in [0.05, 0.1) is 12.7 Å². The Balaban J connectivity index is 2.23. The zero-order chi connectivity index (χ0) is 9.90. The predicted molar refractivity (Wildman–Crippen MR) is 53.1 cm³/mol. The summed E-state index contributed by atoms with van der Waals surface area (Å²) in [7, 11) is 6.83. The van der Waals surface area contributed by atoms with Gasteiger partial charge in [-0.3, -0.25) is 0 Å².